The largest absolute Gasteiger partial charge is 0.508 e. The quantitative estimate of drug-likeness (QED) is 0.723. The first kappa shape index (κ1) is 10.9. The highest BCUT2D eigenvalue weighted by Crippen LogP contribution is 2.15. The van der Waals surface area contributed by atoms with E-state index in [0.29, 0.717) is 0 Å². The van der Waals surface area contributed by atoms with E-state index in [0.717, 1.165) is 11.3 Å². The molecule has 1 aromatic heterocycles. The number of rotatable bonds is 2. The van der Waals surface area contributed by atoms with Gasteiger partial charge in [0, 0.05) is 5.56 Å². The Morgan fingerprint density at radius 1 is 1.00 bits per heavy atom. The van der Waals surface area contributed by atoms with Crippen LogP contribution in [0.15, 0.2) is 42.5 Å². The van der Waals surface area contributed by atoms with E-state index in [-0.39, 0.29) is 5.59 Å². The number of nitrogens with zero attached hydrogens (tertiary/aromatic N) is 1. The maximum Gasteiger partial charge on any atom is 0.508 e. The molecule has 0 fully saturated rings. The van der Waals surface area contributed by atoms with Crippen molar-refractivity contribution < 1.29 is 10.0 Å². The summed E-state index contributed by atoms with van der Waals surface area (Å²) in [5.74, 6) is 0. The molecule has 0 radical (unpaired) electrons. The summed E-state index contributed by atoms with van der Waals surface area (Å²) in [4.78, 5) is 4.17. The Morgan fingerprint density at radius 2 is 1.69 bits per heavy atom. The van der Waals surface area contributed by atoms with Gasteiger partial charge in [-0.25, -0.2) is 0 Å². The normalized spacial score (nSPS) is 10.2. The van der Waals surface area contributed by atoms with Gasteiger partial charge in [0.05, 0.1) is 11.3 Å². The lowest BCUT2D eigenvalue weighted by Crippen LogP contribution is -2.32. The number of benzene rings is 1. The molecular weight excluding hydrogens is 201 g/mol. The lowest BCUT2D eigenvalue weighted by atomic mass is 9.85. The molecule has 0 unspecified atom stereocenters. The van der Waals surface area contributed by atoms with Gasteiger partial charge in [0.15, 0.2) is 0 Å². The molecule has 0 saturated carbocycles. The highest BCUT2D eigenvalue weighted by Gasteiger charge is 2.13. The first-order valence-corrected chi connectivity index (χ1v) is 5.07. The van der Waals surface area contributed by atoms with E-state index in [2.05, 4.69) is 4.98 Å². The van der Waals surface area contributed by atoms with Crippen molar-refractivity contribution in [2.75, 3.05) is 0 Å². The average Bonchev–Trinajstić information content (AvgIpc) is 2.30. The van der Waals surface area contributed by atoms with Crippen LogP contribution in [0.25, 0.3) is 11.3 Å². The lowest BCUT2D eigenvalue weighted by Gasteiger charge is -2.04. The summed E-state index contributed by atoms with van der Waals surface area (Å²) >= 11 is 0. The topological polar surface area (TPSA) is 53.4 Å². The van der Waals surface area contributed by atoms with E-state index >= 15 is 0 Å². The number of hydrogen-bond donors (Lipinski definition) is 2. The fourth-order valence-corrected chi connectivity index (χ4v) is 1.48. The Labute approximate surface area is 94.6 Å². The molecule has 0 spiro atoms. The maximum atomic E-state index is 9.03. The van der Waals surface area contributed by atoms with Crippen LogP contribution < -0.4 is 5.59 Å². The molecule has 1 heterocycles. The summed E-state index contributed by atoms with van der Waals surface area (Å²) in [6, 6.07) is 13.1. The molecule has 3 nitrogen and oxygen atoms in total. The third-order valence-corrected chi connectivity index (χ3v) is 2.38. The van der Waals surface area contributed by atoms with Crippen molar-refractivity contribution in [3.8, 4) is 11.3 Å². The van der Waals surface area contributed by atoms with Gasteiger partial charge in [-0.1, -0.05) is 35.9 Å². The molecule has 0 atom stereocenters. The molecular formula is C12H12BNO2. The third kappa shape index (κ3) is 2.29. The Bertz CT molecular complexity index is 483. The van der Waals surface area contributed by atoms with Crippen LogP contribution in [-0.2, 0) is 0 Å². The number of aromatic nitrogens is 1. The van der Waals surface area contributed by atoms with Gasteiger partial charge in [-0.3, -0.25) is 4.98 Å². The van der Waals surface area contributed by atoms with Crippen LogP contribution in [0.1, 0.15) is 5.56 Å². The molecule has 4 heteroatoms. The number of hydrogen-bond acceptors (Lipinski definition) is 3. The van der Waals surface area contributed by atoms with Gasteiger partial charge in [0.2, 0.25) is 0 Å². The third-order valence-electron chi connectivity index (χ3n) is 2.38. The van der Waals surface area contributed by atoms with Crippen molar-refractivity contribution >= 4 is 12.7 Å². The van der Waals surface area contributed by atoms with Gasteiger partial charge >= 0.3 is 7.12 Å². The van der Waals surface area contributed by atoms with Gasteiger partial charge in [0.1, 0.15) is 0 Å². The highest BCUT2D eigenvalue weighted by molar-refractivity contribution is 6.57. The number of aryl methyl sites for hydroxylation is 1. The molecule has 0 bridgehead atoms. The zero-order valence-corrected chi connectivity index (χ0v) is 8.96. The van der Waals surface area contributed by atoms with Crippen molar-refractivity contribution in [3.05, 3.63) is 48.0 Å². The molecule has 16 heavy (non-hydrogen) atoms. The van der Waals surface area contributed by atoms with Crippen LogP contribution in [0.4, 0.5) is 0 Å². The molecule has 0 aliphatic heterocycles. The minimum atomic E-state index is -1.52. The molecule has 2 N–H and O–H groups in total. The van der Waals surface area contributed by atoms with E-state index in [1.165, 1.54) is 5.56 Å². The minimum Gasteiger partial charge on any atom is -0.422 e. The van der Waals surface area contributed by atoms with Crippen molar-refractivity contribution in [1.82, 2.24) is 4.98 Å². The van der Waals surface area contributed by atoms with E-state index in [4.69, 9.17) is 10.0 Å². The smallest absolute Gasteiger partial charge is 0.422 e. The fourth-order valence-electron chi connectivity index (χ4n) is 1.48. The second kappa shape index (κ2) is 4.47. The summed E-state index contributed by atoms with van der Waals surface area (Å²) < 4.78 is 0. The Kier molecular flexibility index (Phi) is 3.03. The first-order chi connectivity index (χ1) is 7.66. The van der Waals surface area contributed by atoms with Gasteiger partial charge in [-0.05, 0) is 19.1 Å². The van der Waals surface area contributed by atoms with E-state index in [1.807, 2.05) is 37.3 Å². The zero-order chi connectivity index (χ0) is 11.5. The Hall–Kier alpha value is -1.65. The monoisotopic (exact) mass is 213 g/mol. The van der Waals surface area contributed by atoms with Crippen molar-refractivity contribution in [3.63, 3.8) is 0 Å². The van der Waals surface area contributed by atoms with E-state index in [9.17, 15) is 0 Å². The maximum absolute atomic E-state index is 9.03. The average molecular weight is 213 g/mol. The van der Waals surface area contributed by atoms with E-state index < -0.39 is 7.12 Å². The van der Waals surface area contributed by atoms with Gasteiger partial charge in [0.25, 0.3) is 0 Å². The molecule has 0 saturated heterocycles. The second-order valence-corrected chi connectivity index (χ2v) is 3.69. The van der Waals surface area contributed by atoms with Crippen LogP contribution in [0.2, 0.25) is 0 Å². The highest BCUT2D eigenvalue weighted by atomic mass is 16.4. The molecule has 1 aromatic carbocycles. The van der Waals surface area contributed by atoms with Crippen molar-refractivity contribution in [1.29, 1.82) is 0 Å². The molecule has 2 rings (SSSR count). The first-order valence-electron chi connectivity index (χ1n) is 5.07. The molecule has 0 aliphatic rings. The van der Waals surface area contributed by atoms with Crippen molar-refractivity contribution in [2.24, 2.45) is 0 Å². The lowest BCUT2D eigenvalue weighted by molar-refractivity contribution is 0.424. The Balaban J connectivity index is 2.40. The van der Waals surface area contributed by atoms with Crippen LogP contribution in [0, 0.1) is 6.92 Å². The SMILES string of the molecule is Cc1ccc(-c2cccc(B(O)O)n2)cc1. The molecule has 0 aliphatic carbocycles. The van der Waals surface area contributed by atoms with Crippen LogP contribution >= 0.6 is 0 Å². The minimum absolute atomic E-state index is 0.262. The van der Waals surface area contributed by atoms with Crippen LogP contribution in [0.3, 0.4) is 0 Å². The molecule has 2 aromatic rings. The standard InChI is InChI=1S/C12H12BNO2/c1-9-5-7-10(8-6-9)11-3-2-4-12(14-11)13(15)16/h2-8,15-16H,1H3. The Morgan fingerprint density at radius 3 is 2.31 bits per heavy atom. The van der Waals surface area contributed by atoms with E-state index in [1.54, 1.807) is 12.1 Å². The summed E-state index contributed by atoms with van der Waals surface area (Å²) in [6.07, 6.45) is 0. The number of pyridine rings is 1. The second-order valence-electron chi connectivity index (χ2n) is 3.69. The van der Waals surface area contributed by atoms with Crippen LogP contribution in [-0.4, -0.2) is 22.2 Å². The molecule has 80 valence electrons. The van der Waals surface area contributed by atoms with Crippen LogP contribution in [0.5, 0.6) is 0 Å². The van der Waals surface area contributed by atoms with Gasteiger partial charge in [-0.15, -0.1) is 0 Å². The van der Waals surface area contributed by atoms with Gasteiger partial charge in [-0.2, -0.15) is 0 Å². The van der Waals surface area contributed by atoms with Gasteiger partial charge < -0.3 is 10.0 Å². The summed E-state index contributed by atoms with van der Waals surface area (Å²) in [5, 5.41) is 18.1. The summed E-state index contributed by atoms with van der Waals surface area (Å²) in [5.41, 5.74) is 3.15. The fraction of sp³-hybridized carbons (Fsp3) is 0.0833. The molecule has 0 amide bonds. The van der Waals surface area contributed by atoms with Crippen molar-refractivity contribution in [2.45, 2.75) is 6.92 Å². The summed E-state index contributed by atoms with van der Waals surface area (Å²) in [6.45, 7) is 2.02. The predicted molar refractivity (Wildman–Crippen MR) is 64.2 cm³/mol. The predicted octanol–water partition coefficient (Wildman–Crippen LogP) is 0.737. The zero-order valence-electron chi connectivity index (χ0n) is 8.96. The summed E-state index contributed by atoms with van der Waals surface area (Å²) in [7, 11) is -1.52.